The van der Waals surface area contributed by atoms with Gasteiger partial charge in [-0.1, -0.05) is 47.3 Å². The standard InChI is InChI=1S/C19H22BrN3OS/c1-12-17-18(13-7-9-14(20)10-8-13)25-11-16(24)21-19(17)23(22-12)15-5-3-2-4-6-15/h7-10,15,18H,2-6,11H2,1H3,(H,21,24)/t18-/m1/s1. The van der Waals surface area contributed by atoms with E-state index in [9.17, 15) is 4.79 Å². The third-order valence-corrected chi connectivity index (χ3v) is 6.92. The monoisotopic (exact) mass is 419 g/mol. The zero-order valence-corrected chi connectivity index (χ0v) is 16.7. The number of hydrogen-bond acceptors (Lipinski definition) is 3. The van der Waals surface area contributed by atoms with E-state index in [-0.39, 0.29) is 11.2 Å². The van der Waals surface area contributed by atoms with Crippen LogP contribution >= 0.6 is 27.7 Å². The summed E-state index contributed by atoms with van der Waals surface area (Å²) >= 11 is 5.19. The number of aryl methyl sites for hydroxylation is 1. The summed E-state index contributed by atoms with van der Waals surface area (Å²) in [5, 5.41) is 8.15. The molecule has 0 saturated heterocycles. The lowest BCUT2D eigenvalue weighted by Crippen LogP contribution is -2.20. The molecule has 1 fully saturated rings. The van der Waals surface area contributed by atoms with E-state index in [4.69, 9.17) is 5.10 Å². The Morgan fingerprint density at radius 3 is 2.64 bits per heavy atom. The Hall–Kier alpha value is -1.27. The summed E-state index contributed by atoms with van der Waals surface area (Å²) in [7, 11) is 0. The first-order valence-corrected chi connectivity index (χ1v) is 10.7. The van der Waals surface area contributed by atoms with E-state index in [0.717, 1.165) is 28.8 Å². The summed E-state index contributed by atoms with van der Waals surface area (Å²) < 4.78 is 3.18. The van der Waals surface area contributed by atoms with Gasteiger partial charge in [0.1, 0.15) is 5.82 Å². The van der Waals surface area contributed by atoms with E-state index in [0.29, 0.717) is 11.8 Å². The molecule has 6 heteroatoms. The second-order valence-electron chi connectivity index (χ2n) is 6.87. The Morgan fingerprint density at radius 2 is 1.92 bits per heavy atom. The molecule has 1 N–H and O–H groups in total. The highest BCUT2D eigenvalue weighted by atomic mass is 79.9. The summed E-state index contributed by atoms with van der Waals surface area (Å²) in [6, 6.07) is 8.81. The fourth-order valence-electron chi connectivity index (χ4n) is 3.90. The number of carbonyl (C=O) groups excluding carboxylic acids is 1. The number of thioether (sulfide) groups is 1. The number of nitrogens with zero attached hydrogens (tertiary/aromatic N) is 2. The van der Waals surface area contributed by atoms with Crippen LogP contribution in [0.4, 0.5) is 5.82 Å². The van der Waals surface area contributed by atoms with Crippen LogP contribution in [0, 0.1) is 6.92 Å². The predicted octanol–water partition coefficient (Wildman–Crippen LogP) is 5.23. The first-order valence-electron chi connectivity index (χ1n) is 8.89. The fourth-order valence-corrected chi connectivity index (χ4v) is 5.35. The van der Waals surface area contributed by atoms with Crippen molar-refractivity contribution < 1.29 is 4.79 Å². The number of halogens is 1. The molecule has 2 heterocycles. The molecule has 1 amide bonds. The Kier molecular flexibility index (Phi) is 4.91. The summed E-state index contributed by atoms with van der Waals surface area (Å²) in [5.41, 5.74) is 3.42. The van der Waals surface area contributed by atoms with Gasteiger partial charge >= 0.3 is 0 Å². The van der Waals surface area contributed by atoms with Gasteiger partial charge in [0.05, 0.1) is 22.7 Å². The van der Waals surface area contributed by atoms with Gasteiger partial charge in [0, 0.05) is 10.0 Å². The quantitative estimate of drug-likeness (QED) is 0.724. The first kappa shape index (κ1) is 17.2. The highest BCUT2D eigenvalue weighted by Crippen LogP contribution is 2.45. The Balaban J connectivity index is 1.79. The summed E-state index contributed by atoms with van der Waals surface area (Å²) in [6.45, 7) is 2.07. The topological polar surface area (TPSA) is 46.9 Å². The Bertz CT molecular complexity index is 781. The van der Waals surface area contributed by atoms with E-state index in [1.165, 1.54) is 30.4 Å². The third kappa shape index (κ3) is 3.38. The van der Waals surface area contributed by atoms with Crippen molar-refractivity contribution in [3.63, 3.8) is 0 Å². The Labute approximate surface area is 160 Å². The van der Waals surface area contributed by atoms with E-state index < -0.39 is 0 Å². The predicted molar refractivity (Wildman–Crippen MR) is 106 cm³/mol. The maximum Gasteiger partial charge on any atom is 0.235 e. The minimum Gasteiger partial charge on any atom is -0.310 e. The average molecular weight is 420 g/mol. The molecule has 0 bridgehead atoms. The van der Waals surface area contributed by atoms with Crippen LogP contribution in [0.5, 0.6) is 0 Å². The molecule has 2 aliphatic rings. The zero-order valence-electron chi connectivity index (χ0n) is 14.3. The number of anilines is 1. The zero-order chi connectivity index (χ0) is 17.4. The smallest absolute Gasteiger partial charge is 0.235 e. The van der Waals surface area contributed by atoms with Crippen molar-refractivity contribution in [2.75, 3.05) is 11.1 Å². The number of benzene rings is 1. The van der Waals surface area contributed by atoms with Gasteiger partial charge in [-0.05, 0) is 37.5 Å². The molecule has 0 radical (unpaired) electrons. The van der Waals surface area contributed by atoms with E-state index >= 15 is 0 Å². The van der Waals surface area contributed by atoms with Crippen LogP contribution in [0.2, 0.25) is 0 Å². The SMILES string of the molecule is Cc1nn(C2CCCCC2)c2c1[C@@H](c1ccc(Br)cc1)SCC(=O)N2. The third-order valence-electron chi connectivity index (χ3n) is 5.13. The fraction of sp³-hybridized carbons (Fsp3) is 0.474. The molecule has 1 aromatic carbocycles. The second kappa shape index (κ2) is 7.16. The normalized spacial score (nSPS) is 21.5. The lowest BCUT2D eigenvalue weighted by atomic mass is 9.95. The second-order valence-corrected chi connectivity index (χ2v) is 8.88. The summed E-state index contributed by atoms with van der Waals surface area (Å²) in [5.74, 6) is 1.47. The van der Waals surface area contributed by atoms with Crippen LogP contribution in [0.3, 0.4) is 0 Å². The van der Waals surface area contributed by atoms with Crippen LogP contribution in [-0.4, -0.2) is 21.4 Å². The van der Waals surface area contributed by atoms with Gasteiger partial charge in [0.2, 0.25) is 5.91 Å². The highest BCUT2D eigenvalue weighted by molar-refractivity contribution is 9.10. The van der Waals surface area contributed by atoms with Gasteiger partial charge < -0.3 is 5.32 Å². The number of carbonyl (C=O) groups is 1. The average Bonchev–Trinajstić information content (AvgIpc) is 2.83. The molecular weight excluding hydrogens is 398 g/mol. The number of aromatic nitrogens is 2. The largest absolute Gasteiger partial charge is 0.310 e. The maximum atomic E-state index is 12.3. The summed E-state index contributed by atoms with van der Waals surface area (Å²) in [6.07, 6.45) is 6.11. The van der Waals surface area contributed by atoms with Crippen LogP contribution in [0.25, 0.3) is 0 Å². The van der Waals surface area contributed by atoms with Crippen molar-refractivity contribution in [1.82, 2.24) is 9.78 Å². The molecule has 1 aliphatic carbocycles. The van der Waals surface area contributed by atoms with E-state index in [1.54, 1.807) is 11.8 Å². The lowest BCUT2D eigenvalue weighted by molar-refractivity contribution is -0.113. The van der Waals surface area contributed by atoms with Crippen LogP contribution in [-0.2, 0) is 4.79 Å². The van der Waals surface area contributed by atoms with E-state index in [1.807, 2.05) is 0 Å². The minimum atomic E-state index is 0.0721. The van der Waals surface area contributed by atoms with Crippen LogP contribution in [0.15, 0.2) is 28.7 Å². The molecule has 4 nitrogen and oxygen atoms in total. The molecule has 0 spiro atoms. The van der Waals surface area contributed by atoms with Crippen molar-refractivity contribution >= 4 is 39.4 Å². The molecule has 4 rings (SSSR count). The summed E-state index contributed by atoms with van der Waals surface area (Å²) in [4.78, 5) is 12.3. The molecule has 0 unspecified atom stereocenters. The lowest BCUT2D eigenvalue weighted by Gasteiger charge is -2.24. The van der Waals surface area contributed by atoms with Crippen LogP contribution < -0.4 is 5.32 Å². The molecule has 25 heavy (non-hydrogen) atoms. The molecule has 1 atom stereocenters. The molecule has 1 aromatic heterocycles. The van der Waals surface area contributed by atoms with Gasteiger partial charge in [-0.3, -0.25) is 4.79 Å². The van der Waals surface area contributed by atoms with Crippen molar-refractivity contribution in [3.05, 3.63) is 45.6 Å². The van der Waals surface area contributed by atoms with Gasteiger partial charge in [-0.2, -0.15) is 5.10 Å². The number of amides is 1. The molecule has 1 aliphatic heterocycles. The molecular formula is C19H22BrN3OS. The molecule has 1 saturated carbocycles. The number of nitrogens with one attached hydrogen (secondary N) is 1. The van der Waals surface area contributed by atoms with Crippen molar-refractivity contribution in [2.45, 2.75) is 50.3 Å². The van der Waals surface area contributed by atoms with Gasteiger partial charge in [-0.15, -0.1) is 11.8 Å². The minimum absolute atomic E-state index is 0.0721. The van der Waals surface area contributed by atoms with Crippen molar-refractivity contribution in [2.24, 2.45) is 0 Å². The van der Waals surface area contributed by atoms with Crippen LogP contribution in [0.1, 0.15) is 60.2 Å². The molecule has 2 aromatic rings. The van der Waals surface area contributed by atoms with Gasteiger partial charge in [0.15, 0.2) is 0 Å². The Morgan fingerprint density at radius 1 is 1.20 bits per heavy atom. The maximum absolute atomic E-state index is 12.3. The number of hydrogen-bond donors (Lipinski definition) is 1. The molecule has 132 valence electrons. The number of rotatable bonds is 2. The van der Waals surface area contributed by atoms with Crippen molar-refractivity contribution in [1.29, 1.82) is 0 Å². The van der Waals surface area contributed by atoms with Crippen molar-refractivity contribution in [3.8, 4) is 0 Å². The highest BCUT2D eigenvalue weighted by Gasteiger charge is 2.32. The first-order chi connectivity index (χ1) is 12.1. The van der Waals surface area contributed by atoms with Gasteiger partial charge in [-0.25, -0.2) is 4.68 Å². The van der Waals surface area contributed by atoms with E-state index in [2.05, 4.69) is 57.1 Å². The van der Waals surface area contributed by atoms with Gasteiger partial charge in [0.25, 0.3) is 0 Å². The number of fused-ring (bicyclic) bond motifs is 1.